The number of primary amides is 1. The summed E-state index contributed by atoms with van der Waals surface area (Å²) in [7, 11) is 0. The quantitative estimate of drug-likeness (QED) is 0.388. The standard InChI is InChI=1S/C22H15ClF3N9O2/c1-11-5-12(8-27)6-14(19(28)36)18(11)30-21(37)16-7-13(9-34-10-17(31-33-34)22(24,25)26)32-35(16)20-15(23)3-2-4-29-20/h2-7,10H,9H2,1H3,(H2,28,36)(H,30,37). The molecule has 0 aliphatic carbocycles. The van der Waals surface area contributed by atoms with Crippen LogP contribution in [0.5, 0.6) is 0 Å². The first-order valence-electron chi connectivity index (χ1n) is 10.3. The number of hydrogen-bond donors (Lipinski definition) is 2. The molecule has 11 nitrogen and oxygen atoms in total. The number of benzene rings is 1. The second-order valence-electron chi connectivity index (χ2n) is 7.69. The van der Waals surface area contributed by atoms with Crippen LogP contribution in [0.25, 0.3) is 5.82 Å². The van der Waals surface area contributed by atoms with E-state index < -0.39 is 23.7 Å². The Morgan fingerprint density at radius 3 is 2.65 bits per heavy atom. The molecule has 37 heavy (non-hydrogen) atoms. The molecule has 2 amide bonds. The maximum Gasteiger partial charge on any atom is 0.436 e. The second kappa shape index (κ2) is 9.70. The predicted molar refractivity (Wildman–Crippen MR) is 123 cm³/mol. The van der Waals surface area contributed by atoms with Gasteiger partial charge in [-0.15, -0.1) is 5.10 Å². The molecule has 0 saturated heterocycles. The molecule has 0 radical (unpaired) electrons. The third-order valence-electron chi connectivity index (χ3n) is 5.05. The zero-order valence-corrected chi connectivity index (χ0v) is 19.5. The number of nitriles is 1. The smallest absolute Gasteiger partial charge is 0.366 e. The molecule has 3 heterocycles. The lowest BCUT2D eigenvalue weighted by Gasteiger charge is -2.13. The van der Waals surface area contributed by atoms with E-state index in [4.69, 9.17) is 17.3 Å². The Labute approximate surface area is 211 Å². The fourth-order valence-corrected chi connectivity index (χ4v) is 3.63. The van der Waals surface area contributed by atoms with E-state index in [9.17, 15) is 28.0 Å². The summed E-state index contributed by atoms with van der Waals surface area (Å²) in [6.07, 6.45) is -2.57. The first kappa shape index (κ1) is 25.3. The van der Waals surface area contributed by atoms with Crippen LogP contribution in [0.2, 0.25) is 5.02 Å². The van der Waals surface area contributed by atoms with Crippen molar-refractivity contribution in [3.63, 3.8) is 0 Å². The van der Waals surface area contributed by atoms with Gasteiger partial charge >= 0.3 is 6.18 Å². The van der Waals surface area contributed by atoms with E-state index in [-0.39, 0.29) is 45.6 Å². The molecule has 0 spiro atoms. The van der Waals surface area contributed by atoms with Crippen molar-refractivity contribution in [2.75, 3.05) is 5.32 Å². The SMILES string of the molecule is Cc1cc(C#N)cc(C(N)=O)c1NC(=O)c1cc(Cn2cc(C(F)(F)F)nn2)nn1-c1ncccc1Cl. The molecule has 4 aromatic rings. The van der Waals surface area contributed by atoms with Crippen LogP contribution in [-0.2, 0) is 12.7 Å². The highest BCUT2D eigenvalue weighted by Gasteiger charge is 2.34. The molecule has 0 aliphatic rings. The van der Waals surface area contributed by atoms with Gasteiger partial charge in [-0.05, 0) is 42.8 Å². The maximum absolute atomic E-state index is 13.4. The van der Waals surface area contributed by atoms with Gasteiger partial charge in [-0.2, -0.15) is 23.5 Å². The number of nitrogens with two attached hydrogens (primary N) is 1. The molecule has 0 bridgehead atoms. The van der Waals surface area contributed by atoms with Crippen LogP contribution in [0.3, 0.4) is 0 Å². The summed E-state index contributed by atoms with van der Waals surface area (Å²) in [6.45, 7) is 1.31. The number of amides is 2. The highest BCUT2D eigenvalue weighted by Crippen LogP contribution is 2.28. The Bertz CT molecular complexity index is 1570. The van der Waals surface area contributed by atoms with Crippen LogP contribution in [0, 0.1) is 18.3 Å². The molecule has 0 aliphatic heterocycles. The van der Waals surface area contributed by atoms with Gasteiger partial charge in [-0.1, -0.05) is 16.8 Å². The Morgan fingerprint density at radius 1 is 1.27 bits per heavy atom. The number of nitrogens with zero attached hydrogens (tertiary/aromatic N) is 7. The summed E-state index contributed by atoms with van der Waals surface area (Å²) in [5.41, 5.74) is 4.84. The van der Waals surface area contributed by atoms with Gasteiger partial charge in [0.15, 0.2) is 11.5 Å². The number of pyridine rings is 1. The Balaban J connectivity index is 1.76. The highest BCUT2D eigenvalue weighted by molar-refractivity contribution is 6.32. The highest BCUT2D eigenvalue weighted by atomic mass is 35.5. The lowest BCUT2D eigenvalue weighted by molar-refractivity contribution is -0.141. The van der Waals surface area contributed by atoms with E-state index in [1.54, 1.807) is 13.0 Å². The number of rotatable bonds is 6. The molecule has 3 N–H and O–H groups in total. The van der Waals surface area contributed by atoms with Gasteiger partial charge < -0.3 is 11.1 Å². The third-order valence-corrected chi connectivity index (χ3v) is 5.35. The van der Waals surface area contributed by atoms with E-state index in [1.807, 2.05) is 6.07 Å². The molecular weight excluding hydrogens is 515 g/mol. The van der Waals surface area contributed by atoms with Gasteiger partial charge in [0.2, 0.25) is 0 Å². The summed E-state index contributed by atoms with van der Waals surface area (Å²) < 4.78 is 40.7. The van der Waals surface area contributed by atoms with Crippen molar-refractivity contribution in [1.82, 2.24) is 29.8 Å². The van der Waals surface area contributed by atoms with Crippen molar-refractivity contribution in [1.29, 1.82) is 5.26 Å². The molecule has 0 saturated carbocycles. The number of hydrogen-bond acceptors (Lipinski definition) is 7. The number of nitrogens with one attached hydrogen (secondary N) is 1. The minimum absolute atomic E-state index is 0.0711. The fourth-order valence-electron chi connectivity index (χ4n) is 3.42. The van der Waals surface area contributed by atoms with E-state index in [0.717, 1.165) is 9.36 Å². The lowest BCUT2D eigenvalue weighted by atomic mass is 10.0. The number of alkyl halides is 3. The number of carbonyl (C=O) groups is 2. The molecule has 0 atom stereocenters. The second-order valence-corrected chi connectivity index (χ2v) is 8.09. The Kier molecular flexibility index (Phi) is 6.64. The monoisotopic (exact) mass is 529 g/mol. The summed E-state index contributed by atoms with van der Waals surface area (Å²) in [5.74, 6) is -1.56. The minimum Gasteiger partial charge on any atom is -0.366 e. The first-order chi connectivity index (χ1) is 17.5. The molecule has 0 unspecified atom stereocenters. The molecule has 15 heteroatoms. The molecule has 4 rings (SSSR count). The summed E-state index contributed by atoms with van der Waals surface area (Å²) in [5, 5.41) is 22.8. The number of halogens is 4. The Morgan fingerprint density at radius 2 is 2.03 bits per heavy atom. The molecule has 188 valence electrons. The zero-order chi connectivity index (χ0) is 26.9. The fraction of sp³-hybridized carbons (Fsp3) is 0.136. The van der Waals surface area contributed by atoms with E-state index in [0.29, 0.717) is 11.8 Å². The van der Waals surface area contributed by atoms with Crippen LogP contribution in [0.4, 0.5) is 18.9 Å². The van der Waals surface area contributed by atoms with Crippen molar-refractivity contribution in [2.24, 2.45) is 5.73 Å². The van der Waals surface area contributed by atoms with Crippen LogP contribution >= 0.6 is 11.6 Å². The van der Waals surface area contributed by atoms with E-state index in [2.05, 4.69) is 25.7 Å². The third kappa shape index (κ3) is 5.26. The topological polar surface area (TPSA) is 157 Å². The van der Waals surface area contributed by atoms with Gasteiger partial charge in [0.25, 0.3) is 11.8 Å². The molecular formula is C22H15ClF3N9O2. The average molecular weight is 530 g/mol. The van der Waals surface area contributed by atoms with Crippen molar-refractivity contribution < 1.29 is 22.8 Å². The molecule has 0 fully saturated rings. The van der Waals surface area contributed by atoms with Gasteiger partial charge in [0.05, 0.1) is 46.3 Å². The molecule has 3 aromatic heterocycles. The Hall–Kier alpha value is -4.77. The zero-order valence-electron chi connectivity index (χ0n) is 18.8. The predicted octanol–water partition coefficient (Wildman–Crippen LogP) is 3.11. The maximum atomic E-state index is 13.4. The summed E-state index contributed by atoms with van der Waals surface area (Å²) in [4.78, 5) is 29.5. The largest absolute Gasteiger partial charge is 0.436 e. The van der Waals surface area contributed by atoms with Crippen molar-refractivity contribution >= 4 is 29.1 Å². The van der Waals surface area contributed by atoms with Crippen molar-refractivity contribution in [3.8, 4) is 11.9 Å². The van der Waals surface area contributed by atoms with Gasteiger partial charge in [-0.25, -0.2) is 14.3 Å². The van der Waals surface area contributed by atoms with Crippen LogP contribution in [0.1, 0.15) is 43.4 Å². The summed E-state index contributed by atoms with van der Waals surface area (Å²) >= 11 is 6.24. The normalized spacial score (nSPS) is 11.2. The van der Waals surface area contributed by atoms with Gasteiger partial charge in [-0.3, -0.25) is 9.59 Å². The van der Waals surface area contributed by atoms with Crippen LogP contribution in [-0.4, -0.2) is 41.6 Å². The average Bonchev–Trinajstić information content (AvgIpc) is 3.48. The van der Waals surface area contributed by atoms with Gasteiger partial charge in [0.1, 0.15) is 5.69 Å². The summed E-state index contributed by atoms with van der Waals surface area (Å²) in [6, 6.07) is 8.98. The number of aromatic nitrogens is 6. The van der Waals surface area contributed by atoms with Gasteiger partial charge in [0, 0.05) is 6.20 Å². The first-order valence-corrected chi connectivity index (χ1v) is 10.7. The van der Waals surface area contributed by atoms with Crippen molar-refractivity contribution in [2.45, 2.75) is 19.6 Å². The van der Waals surface area contributed by atoms with Crippen molar-refractivity contribution in [3.05, 3.63) is 81.5 Å². The van der Waals surface area contributed by atoms with Crippen LogP contribution < -0.4 is 11.1 Å². The van der Waals surface area contributed by atoms with E-state index >= 15 is 0 Å². The van der Waals surface area contributed by atoms with Crippen LogP contribution in [0.15, 0.2) is 42.7 Å². The minimum atomic E-state index is -4.68. The number of aryl methyl sites for hydroxylation is 1. The number of carbonyl (C=O) groups excluding carboxylic acids is 2. The lowest BCUT2D eigenvalue weighted by Crippen LogP contribution is -2.22. The number of anilines is 1. The molecule has 1 aromatic carbocycles. The van der Waals surface area contributed by atoms with E-state index in [1.165, 1.54) is 30.5 Å².